The highest BCUT2D eigenvalue weighted by molar-refractivity contribution is 6.35. The average Bonchev–Trinajstić information content (AvgIpc) is 2.97. The van der Waals surface area contributed by atoms with Crippen molar-refractivity contribution in [3.8, 4) is 5.75 Å². The van der Waals surface area contributed by atoms with Crippen LogP contribution in [0.4, 0.5) is 0 Å². The fourth-order valence-electron chi connectivity index (χ4n) is 3.68. The summed E-state index contributed by atoms with van der Waals surface area (Å²) in [6, 6.07) is 7.22. The molecule has 0 aromatic heterocycles. The molecule has 0 unspecified atom stereocenters. The number of aliphatic hydroxyl groups is 1. The summed E-state index contributed by atoms with van der Waals surface area (Å²) in [7, 11) is 1.72. The minimum absolute atomic E-state index is 0.0479. The molecule has 1 saturated heterocycles. The highest BCUT2D eigenvalue weighted by Crippen LogP contribution is 2.32. The van der Waals surface area contributed by atoms with Gasteiger partial charge in [-0.3, -0.25) is 19.4 Å². The van der Waals surface area contributed by atoms with E-state index in [4.69, 9.17) is 9.47 Å². The summed E-state index contributed by atoms with van der Waals surface area (Å²) in [5.41, 5.74) is 1.36. The van der Waals surface area contributed by atoms with Gasteiger partial charge in [-0.05, 0) is 31.5 Å². The van der Waals surface area contributed by atoms with Crippen LogP contribution in [0.1, 0.15) is 19.4 Å². The lowest BCUT2D eigenvalue weighted by molar-refractivity contribution is -0.137. The molecule has 0 spiro atoms. The van der Waals surface area contributed by atoms with E-state index in [-0.39, 0.29) is 31.1 Å². The Balaban J connectivity index is 1.84. The molecule has 1 aromatic carbocycles. The van der Waals surface area contributed by atoms with Crippen molar-refractivity contribution in [3.63, 3.8) is 0 Å². The maximum absolute atomic E-state index is 13.3. The molecule has 2 amide bonds. The molecule has 30 heavy (non-hydrogen) atoms. The lowest BCUT2D eigenvalue weighted by atomic mass is 10.0. The molecule has 0 bridgehead atoms. The number of amides is 2. The fraction of sp³-hybridized carbons (Fsp3) is 0.545. The van der Waals surface area contributed by atoms with Crippen molar-refractivity contribution < 1.29 is 24.2 Å². The fourth-order valence-corrected chi connectivity index (χ4v) is 3.68. The van der Waals surface area contributed by atoms with E-state index in [0.717, 1.165) is 13.1 Å². The summed E-state index contributed by atoms with van der Waals surface area (Å²) in [6.07, 6.45) is 0.0479. The van der Waals surface area contributed by atoms with Crippen molar-refractivity contribution in [2.75, 3.05) is 59.6 Å². The zero-order valence-electron chi connectivity index (χ0n) is 18.0. The first-order chi connectivity index (χ1) is 14.4. The van der Waals surface area contributed by atoms with Gasteiger partial charge in [0, 0.05) is 39.8 Å². The van der Waals surface area contributed by atoms with Crippen LogP contribution in [0.5, 0.6) is 5.75 Å². The molecular weight excluding hydrogens is 386 g/mol. The van der Waals surface area contributed by atoms with Crippen LogP contribution in [0.15, 0.2) is 30.0 Å². The molecule has 8 heteroatoms. The van der Waals surface area contributed by atoms with Crippen molar-refractivity contribution >= 4 is 17.4 Å². The molecule has 0 atom stereocenters. The number of benzene rings is 1. The molecule has 0 aliphatic carbocycles. The summed E-state index contributed by atoms with van der Waals surface area (Å²) in [5, 5.41) is 9.36. The van der Waals surface area contributed by atoms with Crippen LogP contribution in [0.2, 0.25) is 0 Å². The maximum atomic E-state index is 13.3. The number of carbonyl (C=O) groups excluding carboxylic acids is 2. The van der Waals surface area contributed by atoms with Crippen molar-refractivity contribution in [1.82, 2.24) is 14.7 Å². The smallest absolute Gasteiger partial charge is 0.277 e. The lowest BCUT2D eigenvalue weighted by Gasteiger charge is -2.28. The van der Waals surface area contributed by atoms with Gasteiger partial charge in [0.25, 0.3) is 11.8 Å². The van der Waals surface area contributed by atoms with Gasteiger partial charge in [0.05, 0.1) is 31.5 Å². The third-order valence-electron chi connectivity index (χ3n) is 5.22. The molecule has 164 valence electrons. The van der Waals surface area contributed by atoms with E-state index in [1.54, 1.807) is 36.2 Å². The van der Waals surface area contributed by atoms with Gasteiger partial charge >= 0.3 is 0 Å². The quantitative estimate of drug-likeness (QED) is 0.596. The summed E-state index contributed by atoms with van der Waals surface area (Å²) in [4.78, 5) is 31.6. The molecule has 2 aliphatic rings. The third-order valence-corrected chi connectivity index (χ3v) is 5.22. The van der Waals surface area contributed by atoms with Gasteiger partial charge in [0.15, 0.2) is 0 Å². The van der Waals surface area contributed by atoms with Gasteiger partial charge in [0.2, 0.25) is 0 Å². The van der Waals surface area contributed by atoms with Crippen LogP contribution in [-0.4, -0.2) is 97.3 Å². The second-order valence-electron chi connectivity index (χ2n) is 7.78. The van der Waals surface area contributed by atoms with E-state index >= 15 is 0 Å². The van der Waals surface area contributed by atoms with Crippen LogP contribution in [-0.2, 0) is 14.3 Å². The molecule has 1 aromatic rings. The zero-order valence-corrected chi connectivity index (χ0v) is 18.0. The van der Waals surface area contributed by atoms with Crippen molar-refractivity contribution in [1.29, 1.82) is 0 Å². The molecule has 1 N–H and O–H groups in total. The number of hydrogen-bond acceptors (Lipinski definition) is 7. The number of likely N-dealkylation sites (N-methyl/N-ethyl adjacent to an activating group) is 1. The average molecular weight is 418 g/mol. The summed E-state index contributed by atoms with van der Waals surface area (Å²) in [6.45, 7) is 7.93. The second-order valence-corrected chi connectivity index (χ2v) is 7.78. The Hall–Kier alpha value is -2.42. The molecule has 0 radical (unpaired) electrons. The molecule has 0 saturated carbocycles. The number of aliphatic hydroxyl groups excluding tert-OH is 1. The number of carbonyl (C=O) groups is 2. The van der Waals surface area contributed by atoms with Crippen LogP contribution < -0.4 is 4.74 Å². The molecule has 3 rings (SSSR count). The minimum atomic E-state index is -0.318. The topological polar surface area (TPSA) is 82.6 Å². The van der Waals surface area contributed by atoms with Crippen LogP contribution in [0.25, 0.3) is 5.57 Å². The molecular formula is C22H31N3O5. The SMILES string of the molecule is CC(C)Oc1ccc(C2=C(N(C)CCO)C(=O)N(CCN3CCOCC3)C2=O)cc1. The second kappa shape index (κ2) is 10.1. The van der Waals surface area contributed by atoms with E-state index in [1.807, 2.05) is 13.8 Å². The molecule has 2 heterocycles. The monoisotopic (exact) mass is 417 g/mol. The number of morpholine rings is 1. The highest BCUT2D eigenvalue weighted by atomic mass is 16.5. The van der Waals surface area contributed by atoms with Gasteiger partial charge in [-0.2, -0.15) is 0 Å². The van der Waals surface area contributed by atoms with E-state index in [9.17, 15) is 14.7 Å². The Bertz CT molecular complexity index is 784. The molecule has 1 fully saturated rings. The third kappa shape index (κ3) is 5.00. The van der Waals surface area contributed by atoms with E-state index < -0.39 is 0 Å². The Morgan fingerprint density at radius 1 is 1.10 bits per heavy atom. The zero-order chi connectivity index (χ0) is 21.7. The van der Waals surface area contributed by atoms with Gasteiger partial charge in [-0.25, -0.2) is 0 Å². The Morgan fingerprint density at radius 2 is 1.77 bits per heavy atom. The molecule has 2 aliphatic heterocycles. The van der Waals surface area contributed by atoms with Crippen LogP contribution in [0.3, 0.4) is 0 Å². The van der Waals surface area contributed by atoms with Crippen molar-refractivity contribution in [2.24, 2.45) is 0 Å². The number of hydrogen-bond donors (Lipinski definition) is 1. The highest BCUT2D eigenvalue weighted by Gasteiger charge is 2.40. The van der Waals surface area contributed by atoms with E-state index in [2.05, 4.69) is 4.90 Å². The van der Waals surface area contributed by atoms with Gasteiger partial charge in [0.1, 0.15) is 11.4 Å². The Kier molecular flexibility index (Phi) is 7.47. The normalized spacial score (nSPS) is 18.0. The standard InChI is InChI=1S/C22H31N3O5/c1-16(2)30-18-6-4-17(5-7-18)19-20(23(3)10-13-26)22(28)25(21(19)27)9-8-24-11-14-29-15-12-24/h4-7,16,26H,8-15H2,1-3H3. The first-order valence-electron chi connectivity index (χ1n) is 10.4. The summed E-state index contributed by atoms with van der Waals surface area (Å²) in [5.74, 6) is 0.0906. The van der Waals surface area contributed by atoms with Crippen LogP contribution in [0, 0.1) is 0 Å². The predicted molar refractivity (Wildman–Crippen MR) is 113 cm³/mol. The number of rotatable bonds is 9. The van der Waals surface area contributed by atoms with E-state index in [0.29, 0.717) is 48.9 Å². The lowest BCUT2D eigenvalue weighted by Crippen LogP contribution is -2.44. The summed E-state index contributed by atoms with van der Waals surface area (Å²) < 4.78 is 11.0. The molecule has 8 nitrogen and oxygen atoms in total. The Labute approximate surface area is 177 Å². The minimum Gasteiger partial charge on any atom is -0.491 e. The van der Waals surface area contributed by atoms with Gasteiger partial charge < -0.3 is 19.5 Å². The Morgan fingerprint density at radius 3 is 2.37 bits per heavy atom. The maximum Gasteiger partial charge on any atom is 0.277 e. The first-order valence-corrected chi connectivity index (χ1v) is 10.4. The largest absolute Gasteiger partial charge is 0.491 e. The number of ether oxygens (including phenoxy) is 2. The van der Waals surface area contributed by atoms with Crippen molar-refractivity contribution in [3.05, 3.63) is 35.5 Å². The first kappa shape index (κ1) is 22.3. The number of nitrogens with zero attached hydrogens (tertiary/aromatic N) is 3. The van der Waals surface area contributed by atoms with Crippen LogP contribution >= 0.6 is 0 Å². The summed E-state index contributed by atoms with van der Waals surface area (Å²) >= 11 is 0. The van der Waals surface area contributed by atoms with Crippen molar-refractivity contribution in [2.45, 2.75) is 20.0 Å². The number of imide groups is 1. The predicted octanol–water partition coefficient (Wildman–Crippen LogP) is 0.810. The van der Waals surface area contributed by atoms with E-state index in [1.165, 1.54) is 4.90 Å². The van der Waals surface area contributed by atoms with Gasteiger partial charge in [-0.15, -0.1) is 0 Å². The van der Waals surface area contributed by atoms with Gasteiger partial charge in [-0.1, -0.05) is 12.1 Å².